The molecule has 5 nitrogen and oxygen atoms in total. The molecule has 1 aliphatic heterocycles. The second kappa shape index (κ2) is 8.35. The number of Topliss-reactive ketones (excluding diaryl/α,β-unsaturated/α-hetero) is 1. The number of rotatable bonds is 3. The first-order valence-corrected chi connectivity index (χ1v) is 10.4. The maximum Gasteiger partial charge on any atom is 0.300 e. The molecule has 31 heavy (non-hydrogen) atoms. The molecule has 4 rings (SSSR count). The number of carbonyl (C=O) groups is 2. The highest BCUT2D eigenvalue weighted by Gasteiger charge is 2.47. The van der Waals surface area contributed by atoms with Crippen LogP contribution in [0.5, 0.6) is 0 Å². The number of carbonyl (C=O) groups excluding carboxylic acids is 2. The molecule has 1 fully saturated rings. The van der Waals surface area contributed by atoms with Crippen LogP contribution in [0, 0.1) is 6.92 Å². The second-order valence-corrected chi connectivity index (χ2v) is 8.19. The first-order valence-electron chi connectivity index (χ1n) is 9.22. The van der Waals surface area contributed by atoms with Crippen LogP contribution in [0.25, 0.3) is 5.76 Å². The smallest absolute Gasteiger partial charge is 0.300 e. The van der Waals surface area contributed by atoms with Crippen molar-refractivity contribution in [2.24, 2.45) is 0 Å². The Labute approximate surface area is 193 Å². The van der Waals surface area contributed by atoms with Crippen LogP contribution in [0.3, 0.4) is 0 Å². The number of pyridine rings is 1. The summed E-state index contributed by atoms with van der Waals surface area (Å²) in [5, 5.41) is 12.0. The third kappa shape index (κ3) is 3.69. The Morgan fingerprint density at radius 3 is 2.45 bits per heavy atom. The molecular weight excluding hydrogens is 459 g/mol. The lowest BCUT2D eigenvalue weighted by molar-refractivity contribution is -0.132. The highest BCUT2D eigenvalue weighted by atomic mass is 35.5. The molecule has 0 radical (unpaired) electrons. The quantitative estimate of drug-likeness (QED) is 0.289. The van der Waals surface area contributed by atoms with E-state index >= 15 is 0 Å². The normalized spacial score (nSPS) is 17.9. The minimum absolute atomic E-state index is 0.0734. The largest absolute Gasteiger partial charge is 0.507 e. The Bertz CT molecular complexity index is 1240. The number of amides is 1. The average molecular weight is 474 g/mol. The van der Waals surface area contributed by atoms with Crippen LogP contribution < -0.4 is 4.90 Å². The van der Waals surface area contributed by atoms with Gasteiger partial charge in [-0.2, -0.15) is 0 Å². The molecule has 1 atom stereocenters. The molecule has 0 spiro atoms. The van der Waals surface area contributed by atoms with Crippen LogP contribution in [-0.4, -0.2) is 21.8 Å². The van der Waals surface area contributed by atoms with Crippen LogP contribution in [-0.2, 0) is 9.59 Å². The second-order valence-electron chi connectivity index (χ2n) is 6.97. The predicted octanol–water partition coefficient (Wildman–Crippen LogP) is 5.98. The number of benzene rings is 2. The summed E-state index contributed by atoms with van der Waals surface area (Å²) in [7, 11) is 0. The number of aliphatic hydroxyl groups is 1. The van der Waals surface area contributed by atoms with Crippen LogP contribution >= 0.6 is 34.8 Å². The molecule has 1 aliphatic rings. The van der Waals surface area contributed by atoms with E-state index in [1.54, 1.807) is 49.6 Å². The lowest BCUT2D eigenvalue weighted by Gasteiger charge is -2.26. The van der Waals surface area contributed by atoms with Gasteiger partial charge in [-0.15, -0.1) is 0 Å². The van der Waals surface area contributed by atoms with Crippen LogP contribution in [0.4, 0.5) is 5.69 Å². The van der Waals surface area contributed by atoms with Crippen LogP contribution in [0.1, 0.15) is 22.7 Å². The summed E-state index contributed by atoms with van der Waals surface area (Å²) in [5.74, 6) is -1.95. The van der Waals surface area contributed by atoms with Crippen LogP contribution in [0.15, 0.2) is 66.5 Å². The summed E-state index contributed by atoms with van der Waals surface area (Å²) in [6.45, 7) is 1.76. The summed E-state index contributed by atoms with van der Waals surface area (Å²) in [5.41, 5.74) is 1.86. The third-order valence-corrected chi connectivity index (χ3v) is 6.28. The molecular formula is C23H15Cl3N2O3. The minimum Gasteiger partial charge on any atom is -0.507 e. The van der Waals surface area contributed by atoms with Gasteiger partial charge in [-0.05, 0) is 54.4 Å². The van der Waals surface area contributed by atoms with Gasteiger partial charge in [0.05, 0.1) is 21.7 Å². The van der Waals surface area contributed by atoms with E-state index in [2.05, 4.69) is 4.98 Å². The van der Waals surface area contributed by atoms with Gasteiger partial charge in [-0.1, -0.05) is 46.9 Å². The van der Waals surface area contributed by atoms with Crippen molar-refractivity contribution in [3.05, 3.63) is 98.3 Å². The topological polar surface area (TPSA) is 70.5 Å². The van der Waals surface area contributed by atoms with Gasteiger partial charge in [0.15, 0.2) is 0 Å². The van der Waals surface area contributed by atoms with Crippen molar-refractivity contribution in [1.29, 1.82) is 0 Å². The molecule has 3 aromatic rings. The SMILES string of the molecule is Cc1c(Cl)cccc1N1C(=O)C(=O)/C(=C(/O)c2ccc(Cl)c(Cl)c2)C1c1cccnc1. The van der Waals surface area contributed by atoms with Crippen molar-refractivity contribution in [3.63, 3.8) is 0 Å². The number of hydrogen-bond donors (Lipinski definition) is 1. The van der Waals surface area contributed by atoms with Gasteiger partial charge in [-0.3, -0.25) is 19.5 Å². The summed E-state index contributed by atoms with van der Waals surface area (Å²) >= 11 is 18.3. The van der Waals surface area contributed by atoms with E-state index in [9.17, 15) is 14.7 Å². The average Bonchev–Trinajstić information content (AvgIpc) is 3.03. The molecule has 1 unspecified atom stereocenters. The number of nitrogens with zero attached hydrogens (tertiary/aromatic N) is 2. The van der Waals surface area contributed by atoms with Crippen molar-refractivity contribution in [2.45, 2.75) is 13.0 Å². The van der Waals surface area contributed by atoms with Crippen molar-refractivity contribution in [1.82, 2.24) is 4.98 Å². The maximum absolute atomic E-state index is 13.1. The fourth-order valence-corrected chi connectivity index (χ4v) is 4.06. The maximum atomic E-state index is 13.1. The monoisotopic (exact) mass is 472 g/mol. The van der Waals surface area contributed by atoms with E-state index < -0.39 is 17.7 Å². The molecule has 0 bridgehead atoms. The van der Waals surface area contributed by atoms with E-state index in [-0.39, 0.29) is 21.9 Å². The van der Waals surface area contributed by atoms with Gasteiger partial charge in [0.1, 0.15) is 5.76 Å². The first-order chi connectivity index (χ1) is 14.8. The van der Waals surface area contributed by atoms with Crippen molar-refractivity contribution >= 4 is 57.9 Å². The number of halogens is 3. The van der Waals surface area contributed by atoms with Crippen molar-refractivity contribution < 1.29 is 14.7 Å². The standard InChI is InChI=1S/C23H15Cl3N2O3/c1-12-15(24)5-2-6-18(12)28-20(14-4-3-9-27-11-14)19(22(30)23(28)31)21(29)13-7-8-16(25)17(26)10-13/h2-11,20,29H,1H3/b21-19+. The molecule has 1 N–H and O–H groups in total. The lowest BCUT2D eigenvalue weighted by atomic mass is 9.96. The van der Waals surface area contributed by atoms with E-state index in [0.717, 1.165) is 0 Å². The Morgan fingerprint density at radius 2 is 1.77 bits per heavy atom. The van der Waals surface area contributed by atoms with Gasteiger partial charge in [0.25, 0.3) is 11.7 Å². The highest BCUT2D eigenvalue weighted by Crippen LogP contribution is 2.44. The zero-order valence-corrected chi connectivity index (χ0v) is 18.4. The van der Waals surface area contributed by atoms with Crippen LogP contribution in [0.2, 0.25) is 15.1 Å². The highest BCUT2D eigenvalue weighted by molar-refractivity contribution is 6.52. The lowest BCUT2D eigenvalue weighted by Crippen LogP contribution is -2.30. The molecule has 2 aromatic carbocycles. The van der Waals surface area contributed by atoms with Crippen molar-refractivity contribution in [3.8, 4) is 0 Å². The summed E-state index contributed by atoms with van der Waals surface area (Å²) in [6, 6.07) is 12.1. The Morgan fingerprint density at radius 1 is 1.00 bits per heavy atom. The van der Waals surface area contributed by atoms with E-state index in [0.29, 0.717) is 26.9 Å². The molecule has 1 amide bonds. The number of aliphatic hydroxyl groups excluding tert-OH is 1. The molecule has 2 heterocycles. The zero-order chi connectivity index (χ0) is 22.3. The van der Waals surface area contributed by atoms with Gasteiger partial charge < -0.3 is 5.11 Å². The fraction of sp³-hybridized carbons (Fsp3) is 0.0870. The molecule has 8 heteroatoms. The van der Waals surface area contributed by atoms with E-state index in [1.165, 1.54) is 23.1 Å². The number of hydrogen-bond acceptors (Lipinski definition) is 4. The molecule has 1 aromatic heterocycles. The minimum atomic E-state index is -0.902. The van der Waals surface area contributed by atoms with Gasteiger partial charge >= 0.3 is 0 Å². The van der Waals surface area contributed by atoms with Gasteiger partial charge in [0, 0.05) is 28.7 Å². The van der Waals surface area contributed by atoms with Crippen molar-refractivity contribution in [2.75, 3.05) is 4.90 Å². The van der Waals surface area contributed by atoms with E-state index in [4.69, 9.17) is 34.8 Å². The molecule has 0 saturated carbocycles. The Kier molecular flexibility index (Phi) is 5.75. The Balaban J connectivity index is 1.98. The third-order valence-electron chi connectivity index (χ3n) is 5.14. The zero-order valence-electron chi connectivity index (χ0n) is 16.1. The summed E-state index contributed by atoms with van der Waals surface area (Å²) < 4.78 is 0. The first kappa shape index (κ1) is 21.4. The molecule has 156 valence electrons. The predicted molar refractivity (Wildman–Crippen MR) is 122 cm³/mol. The van der Waals surface area contributed by atoms with Gasteiger partial charge in [-0.25, -0.2) is 0 Å². The number of aromatic nitrogens is 1. The van der Waals surface area contributed by atoms with E-state index in [1.807, 2.05) is 0 Å². The number of anilines is 1. The number of ketones is 1. The molecule has 0 aliphatic carbocycles. The Hall–Kier alpha value is -2.86. The summed E-state index contributed by atoms with van der Waals surface area (Å²) in [4.78, 5) is 31.7. The fourth-order valence-electron chi connectivity index (χ4n) is 3.59. The summed E-state index contributed by atoms with van der Waals surface area (Å²) in [6.07, 6.45) is 3.13. The van der Waals surface area contributed by atoms with Gasteiger partial charge in [0.2, 0.25) is 0 Å². The molecule has 1 saturated heterocycles.